The molecule has 0 unspecified atom stereocenters. The molecule has 0 fully saturated rings. The predicted octanol–water partition coefficient (Wildman–Crippen LogP) is 2.95. The monoisotopic (exact) mass is 313 g/mol. The van der Waals surface area contributed by atoms with Gasteiger partial charge in [-0.05, 0) is 43.1 Å². The zero-order valence-electron chi connectivity index (χ0n) is 12.0. The van der Waals surface area contributed by atoms with Crippen molar-refractivity contribution < 1.29 is 4.79 Å². The molecule has 0 radical (unpaired) electrons. The van der Waals surface area contributed by atoms with E-state index in [0.717, 1.165) is 10.9 Å². The van der Waals surface area contributed by atoms with E-state index < -0.39 is 0 Å². The number of pyridine rings is 1. The summed E-state index contributed by atoms with van der Waals surface area (Å²) in [6.45, 7) is 3.30. The van der Waals surface area contributed by atoms with Gasteiger partial charge in [-0.15, -0.1) is 0 Å². The van der Waals surface area contributed by atoms with Gasteiger partial charge in [-0.25, -0.2) is 4.98 Å². The van der Waals surface area contributed by atoms with E-state index in [1.807, 2.05) is 6.92 Å². The quantitative estimate of drug-likeness (QED) is 0.539. The molecular weight excluding hydrogens is 302 g/mol. The summed E-state index contributed by atoms with van der Waals surface area (Å²) in [6.07, 6.45) is 1.59. The van der Waals surface area contributed by atoms with Crippen LogP contribution in [0.2, 0.25) is 5.28 Å². The van der Waals surface area contributed by atoms with Crippen molar-refractivity contribution in [1.82, 2.24) is 14.5 Å². The Bertz CT molecular complexity index is 963. The number of carbonyl (C=O) groups is 1. The molecule has 3 rings (SSSR count). The molecule has 0 saturated heterocycles. The molecule has 2 aromatic heterocycles. The van der Waals surface area contributed by atoms with Crippen LogP contribution in [-0.4, -0.2) is 20.3 Å². The van der Waals surface area contributed by atoms with Crippen LogP contribution in [0, 0.1) is 6.92 Å². The first-order valence-corrected chi connectivity index (χ1v) is 7.01. The van der Waals surface area contributed by atoms with E-state index in [-0.39, 0.29) is 16.6 Å². The second-order valence-electron chi connectivity index (χ2n) is 4.98. The minimum absolute atomic E-state index is 0.0639. The van der Waals surface area contributed by atoms with Crippen LogP contribution >= 0.6 is 11.6 Å². The Kier molecular flexibility index (Phi) is 3.50. The average Bonchev–Trinajstić information content (AvgIpc) is 2.47. The SMILES string of the molecule is CC(=O)c1cccc(-n2c(=O)cc(C)c3cnc(Cl)nc32)c1. The molecule has 0 aliphatic rings. The number of hydrogen-bond donors (Lipinski definition) is 0. The van der Waals surface area contributed by atoms with Gasteiger partial charge in [0.2, 0.25) is 5.28 Å². The molecule has 5 nitrogen and oxygen atoms in total. The summed E-state index contributed by atoms with van der Waals surface area (Å²) in [5.74, 6) is -0.0704. The van der Waals surface area contributed by atoms with Crippen LogP contribution < -0.4 is 5.56 Å². The van der Waals surface area contributed by atoms with E-state index in [0.29, 0.717) is 16.9 Å². The third-order valence-corrected chi connectivity index (χ3v) is 3.63. The van der Waals surface area contributed by atoms with E-state index in [9.17, 15) is 9.59 Å². The van der Waals surface area contributed by atoms with Crippen molar-refractivity contribution in [2.75, 3.05) is 0 Å². The zero-order valence-corrected chi connectivity index (χ0v) is 12.8. The lowest BCUT2D eigenvalue weighted by Gasteiger charge is -2.11. The Balaban J connectivity index is 2.40. The molecule has 3 aromatic rings. The topological polar surface area (TPSA) is 64.8 Å². The molecule has 0 spiro atoms. The Hall–Kier alpha value is -2.53. The molecule has 0 aliphatic heterocycles. The molecule has 22 heavy (non-hydrogen) atoms. The lowest BCUT2D eigenvalue weighted by molar-refractivity contribution is 0.101. The predicted molar refractivity (Wildman–Crippen MR) is 84.9 cm³/mol. The summed E-state index contributed by atoms with van der Waals surface area (Å²) in [7, 11) is 0. The maximum absolute atomic E-state index is 12.4. The van der Waals surface area contributed by atoms with Gasteiger partial charge in [0.1, 0.15) is 0 Å². The summed E-state index contributed by atoms with van der Waals surface area (Å²) in [5.41, 5.74) is 2.05. The van der Waals surface area contributed by atoms with Crippen molar-refractivity contribution in [3.05, 3.63) is 63.3 Å². The van der Waals surface area contributed by atoms with Gasteiger partial charge in [0, 0.05) is 23.2 Å². The smallest absolute Gasteiger partial charge is 0.257 e. The molecule has 1 aromatic carbocycles. The fraction of sp³-hybridized carbons (Fsp3) is 0.125. The summed E-state index contributed by atoms with van der Waals surface area (Å²) in [5, 5.41) is 0.797. The third kappa shape index (κ3) is 2.40. The molecule has 6 heteroatoms. The van der Waals surface area contributed by atoms with Crippen LogP contribution in [0.3, 0.4) is 0 Å². The van der Waals surface area contributed by atoms with Gasteiger partial charge in [0.25, 0.3) is 5.56 Å². The van der Waals surface area contributed by atoms with E-state index in [1.165, 1.54) is 17.6 Å². The van der Waals surface area contributed by atoms with E-state index >= 15 is 0 Å². The summed E-state index contributed by atoms with van der Waals surface area (Å²) in [6, 6.07) is 8.36. The third-order valence-electron chi connectivity index (χ3n) is 3.45. The summed E-state index contributed by atoms with van der Waals surface area (Å²) >= 11 is 5.87. The van der Waals surface area contributed by atoms with Crippen molar-refractivity contribution in [2.45, 2.75) is 13.8 Å². The highest BCUT2D eigenvalue weighted by Gasteiger charge is 2.12. The molecule has 0 atom stereocenters. The molecule has 0 aliphatic carbocycles. The normalized spacial score (nSPS) is 10.9. The molecule has 0 N–H and O–H groups in total. The van der Waals surface area contributed by atoms with Gasteiger partial charge < -0.3 is 0 Å². The molecule has 2 heterocycles. The number of hydrogen-bond acceptors (Lipinski definition) is 4. The minimum atomic E-state index is -0.236. The molecule has 0 saturated carbocycles. The number of benzene rings is 1. The molecule has 0 amide bonds. The number of carbonyl (C=O) groups excluding carboxylic acids is 1. The Morgan fingerprint density at radius 1 is 1.27 bits per heavy atom. The molecule has 110 valence electrons. The molecule has 0 bridgehead atoms. The number of aryl methyl sites for hydroxylation is 1. The van der Waals surface area contributed by atoms with E-state index in [4.69, 9.17) is 11.6 Å². The first-order valence-electron chi connectivity index (χ1n) is 6.63. The van der Waals surface area contributed by atoms with Crippen molar-refractivity contribution in [1.29, 1.82) is 0 Å². The van der Waals surface area contributed by atoms with Gasteiger partial charge >= 0.3 is 0 Å². The number of fused-ring (bicyclic) bond motifs is 1. The van der Waals surface area contributed by atoms with Gasteiger partial charge in [-0.1, -0.05) is 12.1 Å². The summed E-state index contributed by atoms with van der Waals surface area (Å²) in [4.78, 5) is 32.1. The van der Waals surface area contributed by atoms with Crippen molar-refractivity contribution in [3.8, 4) is 5.69 Å². The highest BCUT2D eigenvalue weighted by atomic mass is 35.5. The first-order chi connectivity index (χ1) is 10.5. The standard InChI is InChI=1S/C16H12ClN3O2/c1-9-6-14(22)20(15-13(9)8-18-16(17)19-15)12-5-3-4-11(7-12)10(2)21/h3-8H,1-2H3. The second kappa shape index (κ2) is 5.35. The maximum atomic E-state index is 12.4. The number of nitrogens with zero attached hydrogens (tertiary/aromatic N) is 3. The van der Waals surface area contributed by atoms with E-state index in [2.05, 4.69) is 9.97 Å². The minimum Gasteiger partial charge on any atom is -0.295 e. The Labute approximate surface area is 131 Å². The number of rotatable bonds is 2. The largest absolute Gasteiger partial charge is 0.295 e. The van der Waals surface area contributed by atoms with Gasteiger partial charge in [-0.3, -0.25) is 14.2 Å². The highest BCUT2D eigenvalue weighted by molar-refractivity contribution is 6.28. The van der Waals surface area contributed by atoms with Crippen LogP contribution in [0.1, 0.15) is 22.8 Å². The number of ketones is 1. The van der Waals surface area contributed by atoms with Crippen LogP contribution in [-0.2, 0) is 0 Å². The fourth-order valence-electron chi connectivity index (χ4n) is 2.35. The fourth-order valence-corrected chi connectivity index (χ4v) is 2.47. The van der Waals surface area contributed by atoms with Crippen LogP contribution in [0.15, 0.2) is 41.3 Å². The van der Waals surface area contributed by atoms with Crippen molar-refractivity contribution in [3.63, 3.8) is 0 Å². The average molecular weight is 314 g/mol. The molecular formula is C16H12ClN3O2. The van der Waals surface area contributed by atoms with Gasteiger partial charge in [0.15, 0.2) is 11.4 Å². The first kappa shape index (κ1) is 14.4. The second-order valence-corrected chi connectivity index (χ2v) is 5.32. The lowest BCUT2D eigenvalue weighted by atomic mass is 10.1. The van der Waals surface area contributed by atoms with Crippen molar-refractivity contribution in [2.24, 2.45) is 0 Å². The zero-order chi connectivity index (χ0) is 15.9. The van der Waals surface area contributed by atoms with E-state index in [1.54, 1.807) is 30.5 Å². The van der Waals surface area contributed by atoms with Crippen molar-refractivity contribution >= 4 is 28.4 Å². The Morgan fingerprint density at radius 3 is 2.77 bits per heavy atom. The van der Waals surface area contributed by atoms with Crippen LogP contribution in [0.4, 0.5) is 0 Å². The number of halogens is 1. The summed E-state index contributed by atoms with van der Waals surface area (Å²) < 4.78 is 1.43. The Morgan fingerprint density at radius 2 is 2.05 bits per heavy atom. The number of Topliss-reactive ketones (excluding diaryl/α,β-unsaturated/α-hetero) is 1. The van der Waals surface area contributed by atoms with Crippen LogP contribution in [0.5, 0.6) is 0 Å². The lowest BCUT2D eigenvalue weighted by Crippen LogP contribution is -2.20. The van der Waals surface area contributed by atoms with Gasteiger partial charge in [0.05, 0.1) is 5.69 Å². The highest BCUT2D eigenvalue weighted by Crippen LogP contribution is 2.19. The maximum Gasteiger partial charge on any atom is 0.257 e. The van der Waals surface area contributed by atoms with Crippen LogP contribution in [0.25, 0.3) is 16.7 Å². The number of aromatic nitrogens is 3. The van der Waals surface area contributed by atoms with Gasteiger partial charge in [-0.2, -0.15) is 4.98 Å².